The standard InChI is InChI=1S/C26H22N4O2/c1-5-21(13-25(9-1)31-19-23-7-3-11-27-15-23)17-29-30-18-22-6-2-10-26(14-22)32-20-24-8-4-12-28-16-24/h1-18H,19-20H2/b29-17+,30-18+. The van der Waals surface area contributed by atoms with Crippen LogP contribution in [0.4, 0.5) is 0 Å². The normalized spacial score (nSPS) is 11.1. The summed E-state index contributed by atoms with van der Waals surface area (Å²) in [5.41, 5.74) is 3.84. The maximum absolute atomic E-state index is 5.82. The zero-order chi connectivity index (χ0) is 21.8. The summed E-state index contributed by atoms with van der Waals surface area (Å²) < 4.78 is 11.6. The zero-order valence-electron chi connectivity index (χ0n) is 17.4. The van der Waals surface area contributed by atoms with Crippen LogP contribution in [0.25, 0.3) is 0 Å². The van der Waals surface area contributed by atoms with Crippen molar-refractivity contribution in [1.82, 2.24) is 9.97 Å². The van der Waals surface area contributed by atoms with Gasteiger partial charge >= 0.3 is 0 Å². The summed E-state index contributed by atoms with van der Waals surface area (Å²) in [5.74, 6) is 1.53. The van der Waals surface area contributed by atoms with Gasteiger partial charge in [-0.2, -0.15) is 10.2 Å². The molecule has 0 aliphatic rings. The second kappa shape index (κ2) is 11.2. The molecule has 0 N–H and O–H groups in total. The number of rotatable bonds is 9. The van der Waals surface area contributed by atoms with Gasteiger partial charge in [-0.25, -0.2) is 0 Å². The molecule has 0 aliphatic carbocycles. The molecule has 6 nitrogen and oxygen atoms in total. The maximum Gasteiger partial charge on any atom is 0.120 e. The van der Waals surface area contributed by atoms with E-state index in [0.717, 1.165) is 33.8 Å². The van der Waals surface area contributed by atoms with E-state index >= 15 is 0 Å². The maximum atomic E-state index is 5.82. The van der Waals surface area contributed by atoms with Crippen LogP contribution >= 0.6 is 0 Å². The predicted octanol–water partition coefficient (Wildman–Crippen LogP) is 5.09. The summed E-state index contributed by atoms with van der Waals surface area (Å²) in [7, 11) is 0. The first-order chi connectivity index (χ1) is 15.8. The van der Waals surface area contributed by atoms with Gasteiger partial charge in [-0.05, 0) is 47.5 Å². The quantitative estimate of drug-likeness (QED) is 0.278. The van der Waals surface area contributed by atoms with Crippen molar-refractivity contribution in [3.8, 4) is 11.5 Å². The monoisotopic (exact) mass is 422 g/mol. The van der Waals surface area contributed by atoms with Crippen LogP contribution in [0.3, 0.4) is 0 Å². The smallest absolute Gasteiger partial charge is 0.120 e. The minimum atomic E-state index is 0.464. The van der Waals surface area contributed by atoms with E-state index in [2.05, 4.69) is 20.2 Å². The minimum Gasteiger partial charge on any atom is -0.489 e. The summed E-state index contributed by atoms with van der Waals surface area (Å²) in [4.78, 5) is 8.18. The van der Waals surface area contributed by atoms with Crippen molar-refractivity contribution in [2.45, 2.75) is 13.2 Å². The van der Waals surface area contributed by atoms with Gasteiger partial charge in [0.2, 0.25) is 0 Å². The summed E-state index contributed by atoms with van der Waals surface area (Å²) >= 11 is 0. The lowest BCUT2D eigenvalue weighted by Gasteiger charge is -2.06. The van der Waals surface area contributed by atoms with E-state index in [0.29, 0.717) is 13.2 Å². The molecule has 0 atom stereocenters. The molecule has 0 bridgehead atoms. The number of aromatic nitrogens is 2. The zero-order valence-corrected chi connectivity index (χ0v) is 17.4. The van der Waals surface area contributed by atoms with Gasteiger partial charge in [0.15, 0.2) is 0 Å². The van der Waals surface area contributed by atoms with Gasteiger partial charge in [0.25, 0.3) is 0 Å². The first-order valence-corrected chi connectivity index (χ1v) is 10.2. The Hall–Kier alpha value is -4.32. The van der Waals surface area contributed by atoms with Crippen LogP contribution in [0.1, 0.15) is 22.3 Å². The molecule has 0 fully saturated rings. The average Bonchev–Trinajstić information content (AvgIpc) is 2.86. The van der Waals surface area contributed by atoms with E-state index < -0.39 is 0 Å². The van der Waals surface area contributed by atoms with Crippen LogP contribution in [-0.2, 0) is 13.2 Å². The molecule has 0 spiro atoms. The van der Waals surface area contributed by atoms with Crippen LogP contribution in [0.5, 0.6) is 11.5 Å². The van der Waals surface area contributed by atoms with Crippen LogP contribution in [-0.4, -0.2) is 22.4 Å². The number of hydrogen-bond donors (Lipinski definition) is 0. The molecular weight excluding hydrogens is 400 g/mol. The third kappa shape index (κ3) is 6.60. The molecular formula is C26H22N4O2. The Morgan fingerprint density at radius 3 is 1.56 bits per heavy atom. The van der Waals surface area contributed by atoms with Crippen LogP contribution in [0, 0.1) is 0 Å². The van der Waals surface area contributed by atoms with Gasteiger partial charge in [0, 0.05) is 35.9 Å². The topological polar surface area (TPSA) is 69.0 Å². The Morgan fingerprint density at radius 1 is 0.625 bits per heavy atom. The van der Waals surface area contributed by atoms with Crippen LogP contribution in [0.15, 0.2) is 108 Å². The fourth-order valence-corrected chi connectivity index (χ4v) is 2.87. The Morgan fingerprint density at radius 2 is 1.12 bits per heavy atom. The highest BCUT2D eigenvalue weighted by Gasteiger charge is 1.98. The third-order valence-corrected chi connectivity index (χ3v) is 4.45. The molecule has 0 saturated heterocycles. The van der Waals surface area contributed by atoms with Gasteiger partial charge in [0.1, 0.15) is 24.7 Å². The number of benzene rings is 2. The summed E-state index contributed by atoms with van der Waals surface area (Å²) in [6.07, 6.45) is 10.4. The minimum absolute atomic E-state index is 0.464. The lowest BCUT2D eigenvalue weighted by molar-refractivity contribution is 0.305. The van der Waals surface area contributed by atoms with Crippen molar-refractivity contribution >= 4 is 12.4 Å². The highest BCUT2D eigenvalue weighted by atomic mass is 16.5. The highest BCUT2D eigenvalue weighted by molar-refractivity contribution is 5.83. The third-order valence-electron chi connectivity index (χ3n) is 4.45. The Kier molecular flexibility index (Phi) is 7.31. The highest BCUT2D eigenvalue weighted by Crippen LogP contribution is 2.15. The number of hydrogen-bond acceptors (Lipinski definition) is 6. The molecule has 2 aromatic heterocycles. The SMILES string of the molecule is C(=N\N=C\c1cccc(OCc2cccnc2)c1)/c1cccc(OCc2cccnc2)c1. The van der Waals surface area contributed by atoms with Gasteiger partial charge in [-0.15, -0.1) is 0 Å². The molecule has 158 valence electrons. The molecule has 4 aromatic rings. The van der Waals surface area contributed by atoms with Crippen molar-refractivity contribution in [2.24, 2.45) is 10.2 Å². The Labute approximate surface area is 186 Å². The van der Waals surface area contributed by atoms with Crippen molar-refractivity contribution in [2.75, 3.05) is 0 Å². The molecule has 4 rings (SSSR count). The van der Waals surface area contributed by atoms with Crippen LogP contribution < -0.4 is 9.47 Å². The number of ether oxygens (including phenoxy) is 2. The van der Waals surface area contributed by atoms with Gasteiger partial charge in [0.05, 0.1) is 12.4 Å². The Balaban J connectivity index is 1.31. The van der Waals surface area contributed by atoms with E-state index in [4.69, 9.17) is 9.47 Å². The second-order valence-corrected chi connectivity index (χ2v) is 6.93. The molecule has 0 radical (unpaired) electrons. The van der Waals surface area contributed by atoms with Gasteiger partial charge in [-0.1, -0.05) is 36.4 Å². The number of pyridine rings is 2. The molecule has 2 aromatic carbocycles. The summed E-state index contributed by atoms with van der Waals surface area (Å²) in [6.45, 7) is 0.928. The van der Waals surface area contributed by atoms with E-state index in [1.807, 2.05) is 72.8 Å². The summed E-state index contributed by atoms with van der Waals surface area (Å²) in [5, 5.41) is 8.30. The molecule has 32 heavy (non-hydrogen) atoms. The first-order valence-electron chi connectivity index (χ1n) is 10.2. The largest absolute Gasteiger partial charge is 0.489 e. The van der Waals surface area contributed by atoms with Crippen LogP contribution in [0.2, 0.25) is 0 Å². The summed E-state index contributed by atoms with van der Waals surface area (Å²) in [6, 6.07) is 23.1. The predicted molar refractivity (Wildman–Crippen MR) is 125 cm³/mol. The van der Waals surface area contributed by atoms with Gasteiger partial charge < -0.3 is 9.47 Å². The molecule has 2 heterocycles. The fourth-order valence-electron chi connectivity index (χ4n) is 2.87. The lowest BCUT2D eigenvalue weighted by atomic mass is 10.2. The molecule has 0 amide bonds. The van der Waals surface area contributed by atoms with E-state index in [-0.39, 0.29) is 0 Å². The van der Waals surface area contributed by atoms with Crippen molar-refractivity contribution in [1.29, 1.82) is 0 Å². The Bertz CT molecular complexity index is 1080. The van der Waals surface area contributed by atoms with E-state index in [9.17, 15) is 0 Å². The molecule has 0 saturated carbocycles. The van der Waals surface area contributed by atoms with E-state index in [1.165, 1.54) is 0 Å². The molecule has 0 unspecified atom stereocenters. The van der Waals surface area contributed by atoms with Crippen molar-refractivity contribution < 1.29 is 9.47 Å². The average molecular weight is 422 g/mol. The van der Waals surface area contributed by atoms with E-state index in [1.54, 1.807) is 37.2 Å². The lowest BCUT2D eigenvalue weighted by Crippen LogP contribution is -1.96. The molecule has 0 aliphatic heterocycles. The van der Waals surface area contributed by atoms with Crippen molar-refractivity contribution in [3.63, 3.8) is 0 Å². The number of nitrogens with zero attached hydrogens (tertiary/aromatic N) is 4. The fraction of sp³-hybridized carbons (Fsp3) is 0.0769. The van der Waals surface area contributed by atoms with Gasteiger partial charge in [-0.3, -0.25) is 9.97 Å². The second-order valence-electron chi connectivity index (χ2n) is 6.93. The first kappa shape index (κ1) is 20.9. The molecule has 6 heteroatoms. The van der Waals surface area contributed by atoms with Crippen molar-refractivity contribution in [3.05, 3.63) is 120 Å².